The average Bonchev–Trinajstić information content (AvgIpc) is 2.72. The van der Waals surface area contributed by atoms with Crippen LogP contribution in [0.1, 0.15) is 26.7 Å². The van der Waals surface area contributed by atoms with E-state index in [0.29, 0.717) is 12.3 Å². The first-order chi connectivity index (χ1) is 8.83. The third-order valence-corrected chi connectivity index (χ3v) is 4.64. The quantitative estimate of drug-likeness (QED) is 0.788. The van der Waals surface area contributed by atoms with Crippen molar-refractivity contribution in [2.45, 2.75) is 38.8 Å². The molecule has 2 fully saturated rings. The summed E-state index contributed by atoms with van der Waals surface area (Å²) in [4.78, 5) is 36.4. The van der Waals surface area contributed by atoms with Gasteiger partial charge in [0.1, 0.15) is 12.1 Å². The van der Waals surface area contributed by atoms with Crippen LogP contribution in [0.3, 0.4) is 0 Å². The van der Waals surface area contributed by atoms with Gasteiger partial charge in [-0.25, -0.2) is 4.79 Å². The Balaban J connectivity index is 2.19. The van der Waals surface area contributed by atoms with E-state index in [9.17, 15) is 19.5 Å². The number of amides is 2. The number of carbonyl (C=O) groups is 3. The highest BCUT2D eigenvalue weighted by Crippen LogP contribution is 2.36. The normalized spacial score (nSPS) is 30.0. The highest BCUT2D eigenvalue weighted by atomic mass is 32.2. The number of carbonyl (C=O) groups excluding carboxylic acids is 2. The van der Waals surface area contributed by atoms with Gasteiger partial charge in [0.25, 0.3) is 5.24 Å². The summed E-state index contributed by atoms with van der Waals surface area (Å²) in [6, 6.07) is -1.41. The molecule has 6 nitrogen and oxygen atoms in total. The van der Waals surface area contributed by atoms with Crippen molar-refractivity contribution in [1.82, 2.24) is 10.2 Å². The molecule has 0 aromatic carbocycles. The third-order valence-electron chi connectivity index (χ3n) is 3.76. The van der Waals surface area contributed by atoms with E-state index in [4.69, 9.17) is 0 Å². The molecule has 0 aromatic rings. The van der Waals surface area contributed by atoms with E-state index >= 15 is 0 Å². The number of rotatable bonds is 2. The summed E-state index contributed by atoms with van der Waals surface area (Å²) < 4.78 is 0. The maximum Gasteiger partial charge on any atom is 0.326 e. The van der Waals surface area contributed by atoms with Gasteiger partial charge in [0.15, 0.2) is 0 Å². The van der Waals surface area contributed by atoms with Crippen molar-refractivity contribution >= 4 is 28.9 Å². The minimum atomic E-state index is -0.977. The minimum Gasteiger partial charge on any atom is -0.480 e. The summed E-state index contributed by atoms with van der Waals surface area (Å²) in [6.45, 7) is 4.18. The second-order valence-electron chi connectivity index (χ2n) is 5.66. The van der Waals surface area contributed by atoms with E-state index in [1.54, 1.807) is 0 Å². The Morgan fingerprint density at radius 1 is 1.47 bits per heavy atom. The van der Waals surface area contributed by atoms with Gasteiger partial charge in [-0.1, -0.05) is 25.6 Å². The monoisotopic (exact) mass is 286 g/mol. The zero-order valence-corrected chi connectivity index (χ0v) is 11.8. The van der Waals surface area contributed by atoms with Crippen LogP contribution >= 0.6 is 11.8 Å². The van der Waals surface area contributed by atoms with Crippen LogP contribution in [-0.4, -0.2) is 51.5 Å². The predicted molar refractivity (Wildman–Crippen MR) is 70.9 cm³/mol. The van der Waals surface area contributed by atoms with Crippen LogP contribution < -0.4 is 5.32 Å². The number of carboxylic acid groups (broad SMARTS) is 1. The zero-order valence-electron chi connectivity index (χ0n) is 11.0. The number of thioether (sulfide) groups is 1. The molecule has 19 heavy (non-hydrogen) atoms. The molecule has 0 saturated carbocycles. The van der Waals surface area contributed by atoms with Crippen LogP contribution in [0, 0.1) is 5.41 Å². The van der Waals surface area contributed by atoms with Crippen LogP contribution in [0.25, 0.3) is 0 Å². The number of nitrogens with one attached hydrogen (secondary N) is 1. The molecule has 2 heterocycles. The summed E-state index contributed by atoms with van der Waals surface area (Å²) >= 11 is 1.06. The lowest BCUT2D eigenvalue weighted by Crippen LogP contribution is -2.60. The molecule has 2 N–H and O–H groups in total. The van der Waals surface area contributed by atoms with Gasteiger partial charge in [-0.3, -0.25) is 9.59 Å². The van der Waals surface area contributed by atoms with Crippen LogP contribution in [0.5, 0.6) is 0 Å². The van der Waals surface area contributed by atoms with Gasteiger partial charge < -0.3 is 15.3 Å². The van der Waals surface area contributed by atoms with Crippen LogP contribution in [0.4, 0.5) is 4.79 Å². The molecule has 2 unspecified atom stereocenters. The van der Waals surface area contributed by atoms with E-state index in [1.165, 1.54) is 4.90 Å². The summed E-state index contributed by atoms with van der Waals surface area (Å²) in [5.41, 5.74) is -0.449. The number of piperidine rings is 1. The highest BCUT2D eigenvalue weighted by molar-refractivity contribution is 8.14. The van der Waals surface area contributed by atoms with E-state index in [2.05, 4.69) is 5.32 Å². The average molecular weight is 286 g/mol. The Hall–Kier alpha value is -1.24. The SMILES string of the molecule is CC1(C)CCCN(C(=O)C2CSC(=O)N2)C1C(=O)O. The molecule has 0 radical (unpaired) electrons. The fourth-order valence-electron chi connectivity index (χ4n) is 2.82. The molecular weight excluding hydrogens is 268 g/mol. The molecule has 106 valence electrons. The smallest absolute Gasteiger partial charge is 0.326 e. The lowest BCUT2D eigenvalue weighted by Gasteiger charge is -2.44. The number of likely N-dealkylation sites (tertiary alicyclic amines) is 1. The van der Waals surface area contributed by atoms with Gasteiger partial charge in [0.2, 0.25) is 5.91 Å². The molecule has 0 bridgehead atoms. The second kappa shape index (κ2) is 5.03. The largest absolute Gasteiger partial charge is 0.480 e. The lowest BCUT2D eigenvalue weighted by molar-refractivity contribution is -0.159. The van der Waals surface area contributed by atoms with Crippen molar-refractivity contribution in [3.63, 3.8) is 0 Å². The van der Waals surface area contributed by atoms with E-state index in [-0.39, 0.29) is 11.1 Å². The maximum absolute atomic E-state index is 12.4. The Bertz CT molecular complexity index is 424. The molecule has 2 saturated heterocycles. The van der Waals surface area contributed by atoms with Crippen LogP contribution in [-0.2, 0) is 9.59 Å². The van der Waals surface area contributed by atoms with Crippen molar-refractivity contribution in [1.29, 1.82) is 0 Å². The Morgan fingerprint density at radius 2 is 2.16 bits per heavy atom. The molecule has 2 atom stereocenters. The van der Waals surface area contributed by atoms with Crippen molar-refractivity contribution < 1.29 is 19.5 Å². The first-order valence-corrected chi connectivity index (χ1v) is 7.28. The first-order valence-electron chi connectivity index (χ1n) is 6.29. The first kappa shape index (κ1) is 14.2. The Morgan fingerprint density at radius 3 is 2.68 bits per heavy atom. The van der Waals surface area contributed by atoms with Crippen LogP contribution in [0.15, 0.2) is 0 Å². The van der Waals surface area contributed by atoms with Gasteiger partial charge in [-0.2, -0.15) is 0 Å². The molecule has 0 aliphatic carbocycles. The maximum atomic E-state index is 12.4. The molecule has 0 aromatic heterocycles. The second-order valence-corrected chi connectivity index (χ2v) is 6.65. The van der Waals surface area contributed by atoms with E-state index < -0.39 is 23.5 Å². The highest BCUT2D eigenvalue weighted by Gasteiger charge is 2.46. The molecule has 2 amide bonds. The van der Waals surface area contributed by atoms with Gasteiger partial charge in [-0.05, 0) is 18.3 Å². The van der Waals surface area contributed by atoms with Crippen molar-refractivity contribution in [2.75, 3.05) is 12.3 Å². The van der Waals surface area contributed by atoms with Gasteiger partial charge in [0.05, 0.1) is 0 Å². The van der Waals surface area contributed by atoms with E-state index in [1.807, 2.05) is 13.8 Å². The lowest BCUT2D eigenvalue weighted by atomic mass is 9.76. The Labute approximate surface area is 115 Å². The third kappa shape index (κ3) is 2.70. The number of nitrogens with zero attached hydrogens (tertiary/aromatic N) is 1. The van der Waals surface area contributed by atoms with Crippen molar-refractivity contribution in [2.24, 2.45) is 5.41 Å². The van der Waals surface area contributed by atoms with E-state index in [0.717, 1.165) is 24.6 Å². The molecule has 2 rings (SSSR count). The molecule has 2 aliphatic heterocycles. The summed E-state index contributed by atoms with van der Waals surface area (Å²) in [6.07, 6.45) is 1.57. The van der Waals surface area contributed by atoms with Crippen molar-refractivity contribution in [3.05, 3.63) is 0 Å². The Kier molecular flexibility index (Phi) is 3.75. The van der Waals surface area contributed by atoms with Crippen molar-refractivity contribution in [3.8, 4) is 0 Å². The zero-order chi connectivity index (χ0) is 14.2. The van der Waals surface area contributed by atoms with Gasteiger partial charge >= 0.3 is 5.97 Å². The van der Waals surface area contributed by atoms with Gasteiger partial charge in [-0.15, -0.1) is 0 Å². The van der Waals surface area contributed by atoms with Gasteiger partial charge in [0, 0.05) is 12.3 Å². The molecule has 2 aliphatic rings. The molecule has 0 spiro atoms. The summed E-state index contributed by atoms with van der Waals surface area (Å²) in [7, 11) is 0. The topological polar surface area (TPSA) is 86.7 Å². The number of carboxylic acids is 1. The summed E-state index contributed by atoms with van der Waals surface area (Å²) in [5.74, 6) is -0.880. The standard InChI is InChI=1S/C12H18N2O4S/c1-12(2)4-3-5-14(8(12)10(16)17)9(15)7-6-19-11(18)13-7/h7-8H,3-6H2,1-2H3,(H,13,18)(H,16,17). The number of hydrogen-bond acceptors (Lipinski definition) is 4. The number of hydrogen-bond donors (Lipinski definition) is 2. The summed E-state index contributed by atoms with van der Waals surface area (Å²) in [5, 5.41) is 11.8. The minimum absolute atomic E-state index is 0.221. The number of aliphatic carboxylic acids is 1. The van der Waals surface area contributed by atoms with Crippen LogP contribution in [0.2, 0.25) is 0 Å². The predicted octanol–water partition coefficient (Wildman–Crippen LogP) is 0.913. The molecule has 7 heteroatoms. The molecular formula is C12H18N2O4S. The fourth-order valence-corrected chi connectivity index (χ4v) is 3.59. The fraction of sp³-hybridized carbons (Fsp3) is 0.750.